The lowest BCUT2D eigenvalue weighted by molar-refractivity contribution is -0.146. The van der Waals surface area contributed by atoms with Gasteiger partial charge in [0.25, 0.3) is 0 Å². The van der Waals surface area contributed by atoms with Crippen LogP contribution in [0, 0.1) is 5.92 Å². The van der Waals surface area contributed by atoms with Gasteiger partial charge >= 0.3 is 12.1 Å². The van der Waals surface area contributed by atoms with E-state index in [0.717, 1.165) is 18.4 Å². The van der Waals surface area contributed by atoms with E-state index in [1.807, 2.05) is 42.5 Å². The Balaban J connectivity index is 2.14. The van der Waals surface area contributed by atoms with Gasteiger partial charge in [-0.2, -0.15) is 0 Å². The predicted octanol–water partition coefficient (Wildman–Crippen LogP) is 5.64. The van der Waals surface area contributed by atoms with Gasteiger partial charge in [0, 0.05) is 25.8 Å². The maximum Gasteiger partial charge on any atom is 0.407 e. The molecule has 0 heterocycles. The zero-order valence-electron chi connectivity index (χ0n) is 30.3. The van der Waals surface area contributed by atoms with Crippen LogP contribution in [0.2, 0.25) is 0 Å². The number of amides is 3. The van der Waals surface area contributed by atoms with Gasteiger partial charge in [-0.15, -0.1) is 0 Å². The second-order valence-electron chi connectivity index (χ2n) is 13.3. The van der Waals surface area contributed by atoms with E-state index < -0.39 is 41.6 Å². The molecule has 0 saturated heterocycles. The third kappa shape index (κ3) is 17.1. The van der Waals surface area contributed by atoms with Crippen LogP contribution in [-0.4, -0.2) is 67.6 Å². The number of ketones is 1. The molecule has 0 fully saturated rings. The standard InChI is InChI=1S/C39H55N3O8/c1-7-25-49-32-22-20-30(21-23-32)26-34(41-28(2)43)35(44)27-31(18-13-14-24-40-38(47)50-39(3,4)5)36(45)42-33(37(46)48-6)19-12-11-17-29-15-9-8-10-16-29/h7-10,15-16,20-23,31,33-34H,1,11-14,17-19,24-27H2,2-6H3,(H,40,47)(H,41,43)(H,42,45)/t31-,33+,34+/m1/s1. The number of alkyl carbamates (subject to hydrolysis) is 1. The number of benzene rings is 2. The SMILES string of the molecule is C=CCOc1ccc(C[C@H](NC(C)=O)C(=O)C[C@@H](CCCCNC(=O)OC(C)(C)C)C(=O)N[C@@H](CCCCc2ccccc2)C(=O)OC)cc1. The van der Waals surface area contributed by atoms with Crippen LogP contribution in [0.5, 0.6) is 5.75 Å². The molecule has 11 heteroatoms. The number of unbranched alkanes of at least 4 members (excludes halogenated alkanes) is 2. The summed E-state index contributed by atoms with van der Waals surface area (Å²) in [4.78, 5) is 64.4. The van der Waals surface area contributed by atoms with E-state index in [1.165, 1.54) is 19.6 Å². The lowest BCUT2D eigenvalue weighted by Gasteiger charge is -2.24. The average Bonchev–Trinajstić information content (AvgIpc) is 3.07. The Labute approximate surface area is 296 Å². The van der Waals surface area contributed by atoms with Crippen molar-refractivity contribution in [3.63, 3.8) is 0 Å². The van der Waals surface area contributed by atoms with Crippen LogP contribution in [0.15, 0.2) is 67.3 Å². The maximum absolute atomic E-state index is 13.8. The summed E-state index contributed by atoms with van der Waals surface area (Å²) >= 11 is 0. The van der Waals surface area contributed by atoms with E-state index in [2.05, 4.69) is 22.5 Å². The van der Waals surface area contributed by atoms with Crippen LogP contribution in [-0.2, 0) is 41.5 Å². The van der Waals surface area contributed by atoms with Gasteiger partial charge in [-0.25, -0.2) is 9.59 Å². The molecule has 2 rings (SSSR count). The Morgan fingerprint density at radius 2 is 1.52 bits per heavy atom. The summed E-state index contributed by atoms with van der Waals surface area (Å²) in [6.07, 6.45) is 5.26. The van der Waals surface area contributed by atoms with Crippen LogP contribution in [0.4, 0.5) is 4.79 Å². The summed E-state index contributed by atoms with van der Waals surface area (Å²) in [7, 11) is 1.28. The molecule has 0 aliphatic rings. The quantitative estimate of drug-likeness (QED) is 0.0816. The first-order valence-corrected chi connectivity index (χ1v) is 17.3. The molecule has 3 atom stereocenters. The lowest BCUT2D eigenvalue weighted by Crippen LogP contribution is -2.46. The molecule has 0 bridgehead atoms. The lowest BCUT2D eigenvalue weighted by atomic mass is 9.90. The second-order valence-corrected chi connectivity index (χ2v) is 13.3. The molecule has 0 radical (unpaired) electrons. The van der Waals surface area contributed by atoms with E-state index in [9.17, 15) is 24.0 Å². The number of aryl methyl sites for hydroxylation is 1. The van der Waals surface area contributed by atoms with Gasteiger partial charge in [0.05, 0.1) is 13.2 Å². The number of ether oxygens (including phenoxy) is 3. The number of hydrogen-bond donors (Lipinski definition) is 3. The van der Waals surface area contributed by atoms with Gasteiger partial charge in [-0.3, -0.25) is 14.4 Å². The first-order chi connectivity index (χ1) is 23.8. The zero-order chi connectivity index (χ0) is 36.9. The highest BCUT2D eigenvalue weighted by Gasteiger charge is 2.30. The third-order valence-corrected chi connectivity index (χ3v) is 7.82. The maximum atomic E-state index is 13.8. The molecule has 274 valence electrons. The van der Waals surface area contributed by atoms with Crippen molar-refractivity contribution in [2.75, 3.05) is 20.3 Å². The van der Waals surface area contributed by atoms with Crippen molar-refractivity contribution in [2.45, 2.75) is 103 Å². The minimum atomic E-state index is -0.873. The number of esters is 1. The largest absolute Gasteiger partial charge is 0.490 e. The molecular formula is C39H55N3O8. The number of rotatable bonds is 22. The summed E-state index contributed by atoms with van der Waals surface area (Å²) in [5.41, 5.74) is 1.37. The Hall–Kier alpha value is -4.67. The monoisotopic (exact) mass is 693 g/mol. The van der Waals surface area contributed by atoms with Gasteiger partial charge in [-0.05, 0) is 82.6 Å². The Morgan fingerprint density at radius 3 is 2.14 bits per heavy atom. The van der Waals surface area contributed by atoms with Crippen molar-refractivity contribution in [2.24, 2.45) is 5.92 Å². The van der Waals surface area contributed by atoms with Gasteiger partial charge in [0.1, 0.15) is 24.0 Å². The van der Waals surface area contributed by atoms with E-state index in [4.69, 9.17) is 14.2 Å². The minimum absolute atomic E-state index is 0.154. The van der Waals surface area contributed by atoms with Crippen molar-refractivity contribution in [1.82, 2.24) is 16.0 Å². The Morgan fingerprint density at radius 1 is 0.840 bits per heavy atom. The highest BCUT2D eigenvalue weighted by atomic mass is 16.6. The summed E-state index contributed by atoms with van der Waals surface area (Å²) < 4.78 is 15.8. The molecule has 50 heavy (non-hydrogen) atoms. The molecule has 3 N–H and O–H groups in total. The van der Waals surface area contributed by atoms with E-state index in [1.54, 1.807) is 39.0 Å². The molecule has 0 aromatic heterocycles. The summed E-state index contributed by atoms with van der Waals surface area (Å²) in [6, 6.07) is 15.5. The number of carbonyl (C=O) groups excluding carboxylic acids is 5. The molecule has 0 aliphatic carbocycles. The van der Waals surface area contributed by atoms with E-state index in [0.29, 0.717) is 51.0 Å². The van der Waals surface area contributed by atoms with Gasteiger partial charge < -0.3 is 30.2 Å². The fraction of sp³-hybridized carbons (Fsp3) is 0.513. The molecular weight excluding hydrogens is 638 g/mol. The molecule has 2 aromatic rings. The molecule has 2 aromatic carbocycles. The minimum Gasteiger partial charge on any atom is -0.490 e. The normalized spacial score (nSPS) is 12.8. The van der Waals surface area contributed by atoms with E-state index >= 15 is 0 Å². The number of Topliss-reactive ketones (excluding diaryl/α,β-unsaturated/α-hetero) is 1. The number of hydrogen-bond acceptors (Lipinski definition) is 8. The van der Waals surface area contributed by atoms with Gasteiger partial charge in [0.2, 0.25) is 11.8 Å². The second kappa shape index (κ2) is 22.1. The van der Waals surface area contributed by atoms with Crippen molar-refractivity contribution in [3.05, 3.63) is 78.4 Å². The average molecular weight is 694 g/mol. The van der Waals surface area contributed by atoms with E-state index in [-0.39, 0.29) is 24.5 Å². The van der Waals surface area contributed by atoms with Crippen LogP contribution in [0.1, 0.15) is 83.8 Å². The Bertz CT molecular complexity index is 1370. The first-order valence-electron chi connectivity index (χ1n) is 17.3. The molecule has 0 unspecified atom stereocenters. The Kier molecular flexibility index (Phi) is 18.4. The topological polar surface area (TPSA) is 149 Å². The predicted molar refractivity (Wildman–Crippen MR) is 193 cm³/mol. The number of nitrogens with one attached hydrogen (secondary N) is 3. The van der Waals surface area contributed by atoms with Crippen LogP contribution in [0.25, 0.3) is 0 Å². The van der Waals surface area contributed by atoms with Gasteiger partial charge in [-0.1, -0.05) is 68.0 Å². The molecule has 0 spiro atoms. The van der Waals surface area contributed by atoms with Gasteiger partial charge in [0.15, 0.2) is 5.78 Å². The summed E-state index contributed by atoms with van der Waals surface area (Å²) in [5, 5.41) is 8.30. The van der Waals surface area contributed by atoms with Crippen molar-refractivity contribution in [1.29, 1.82) is 0 Å². The first kappa shape index (κ1) is 41.5. The summed E-state index contributed by atoms with van der Waals surface area (Å²) in [5.74, 6) is -1.81. The molecule has 0 aliphatic heterocycles. The zero-order valence-corrected chi connectivity index (χ0v) is 30.3. The summed E-state index contributed by atoms with van der Waals surface area (Å²) in [6.45, 7) is 11.0. The van der Waals surface area contributed by atoms with Crippen LogP contribution >= 0.6 is 0 Å². The molecule has 3 amide bonds. The van der Waals surface area contributed by atoms with Crippen molar-refractivity contribution >= 4 is 29.7 Å². The number of carbonyl (C=O) groups is 5. The third-order valence-electron chi connectivity index (χ3n) is 7.82. The van der Waals surface area contributed by atoms with Crippen molar-refractivity contribution in [3.8, 4) is 5.75 Å². The fourth-order valence-corrected chi connectivity index (χ4v) is 5.34. The van der Waals surface area contributed by atoms with Crippen LogP contribution < -0.4 is 20.7 Å². The number of methoxy groups -OCH3 is 1. The molecule has 0 saturated carbocycles. The highest BCUT2D eigenvalue weighted by molar-refractivity contribution is 5.93. The molecule has 11 nitrogen and oxygen atoms in total. The smallest absolute Gasteiger partial charge is 0.407 e. The fourth-order valence-electron chi connectivity index (χ4n) is 5.34. The van der Waals surface area contributed by atoms with Crippen LogP contribution in [0.3, 0.4) is 0 Å². The van der Waals surface area contributed by atoms with Crippen molar-refractivity contribution < 1.29 is 38.2 Å². The highest BCUT2D eigenvalue weighted by Crippen LogP contribution is 2.19.